The fraction of sp³-hybridized carbons (Fsp3) is 0.0370. The summed E-state index contributed by atoms with van der Waals surface area (Å²) in [5, 5.41) is 11.7. The number of hydrogen-bond acceptors (Lipinski definition) is 1. The molecular formula is C54H35N3S. The van der Waals surface area contributed by atoms with Gasteiger partial charge in [0.15, 0.2) is 0 Å². The lowest BCUT2D eigenvalue weighted by Crippen LogP contribution is -2.31. The van der Waals surface area contributed by atoms with Crippen molar-refractivity contribution in [1.29, 1.82) is 0 Å². The maximum atomic E-state index is 2.51. The molecule has 58 heavy (non-hydrogen) atoms. The number of rotatable bonds is 4. The van der Waals surface area contributed by atoms with Crippen LogP contribution in [0.25, 0.3) is 104 Å². The van der Waals surface area contributed by atoms with Crippen molar-refractivity contribution in [1.82, 2.24) is 13.7 Å². The molecule has 0 fully saturated rings. The van der Waals surface area contributed by atoms with Gasteiger partial charge in [-0.05, 0) is 90.8 Å². The first-order valence-electron chi connectivity index (χ1n) is 20.1. The largest absolute Gasteiger partial charge is 0.310 e. The third-order valence-corrected chi connectivity index (χ3v) is 13.7. The van der Waals surface area contributed by atoms with Crippen LogP contribution in [0.3, 0.4) is 0 Å². The van der Waals surface area contributed by atoms with Crippen LogP contribution in [0.5, 0.6) is 0 Å². The predicted molar refractivity (Wildman–Crippen MR) is 247 cm³/mol. The van der Waals surface area contributed by atoms with Gasteiger partial charge >= 0.3 is 0 Å². The average molecular weight is 758 g/mol. The Balaban J connectivity index is 0.999. The van der Waals surface area contributed by atoms with E-state index in [1.165, 1.54) is 102 Å². The van der Waals surface area contributed by atoms with Crippen LogP contribution in [0, 0.1) is 0 Å². The topological polar surface area (TPSA) is 14.8 Å². The highest BCUT2D eigenvalue weighted by Gasteiger charge is 2.21. The van der Waals surface area contributed by atoms with Crippen LogP contribution in [0.4, 0.5) is 0 Å². The highest BCUT2D eigenvalue weighted by atomic mass is 32.1. The molecule has 0 amide bonds. The van der Waals surface area contributed by atoms with E-state index in [9.17, 15) is 0 Å². The summed E-state index contributed by atoms with van der Waals surface area (Å²) < 4.78 is 10.0. The van der Waals surface area contributed by atoms with Crippen LogP contribution < -0.4 is 10.6 Å². The van der Waals surface area contributed by atoms with Crippen LogP contribution in [0.15, 0.2) is 182 Å². The van der Waals surface area contributed by atoms with Crippen molar-refractivity contribution in [2.75, 3.05) is 0 Å². The van der Waals surface area contributed by atoms with Gasteiger partial charge in [-0.2, -0.15) is 0 Å². The van der Waals surface area contributed by atoms with Crippen molar-refractivity contribution >= 4 is 98.2 Å². The summed E-state index contributed by atoms with van der Waals surface area (Å²) in [5.41, 5.74) is 11.0. The number of fused-ring (bicyclic) bond motifs is 12. The van der Waals surface area contributed by atoms with Gasteiger partial charge in [-0.15, -0.1) is 11.3 Å². The zero-order valence-electron chi connectivity index (χ0n) is 31.5. The second-order valence-electron chi connectivity index (χ2n) is 15.7. The molecule has 0 aliphatic heterocycles. The first-order valence-corrected chi connectivity index (χ1v) is 20.9. The molecule has 0 saturated carbocycles. The smallest absolute Gasteiger partial charge is 0.0561 e. The van der Waals surface area contributed by atoms with Crippen LogP contribution in [-0.2, 0) is 0 Å². The Morgan fingerprint density at radius 1 is 0.379 bits per heavy atom. The second kappa shape index (κ2) is 12.2. The second-order valence-corrected chi connectivity index (χ2v) is 16.7. The minimum absolute atomic E-state index is 0.277. The van der Waals surface area contributed by atoms with Gasteiger partial charge in [0.1, 0.15) is 0 Å². The molecule has 0 radical (unpaired) electrons. The Morgan fingerprint density at radius 3 is 1.79 bits per heavy atom. The van der Waals surface area contributed by atoms with E-state index in [-0.39, 0.29) is 5.92 Å². The van der Waals surface area contributed by atoms with Crippen LogP contribution in [0.2, 0.25) is 0 Å². The SMILES string of the molecule is C1=c2c(n(-c3ccccc3)c3ccccc23)=CCC1c1ccc2c(c1)c1ccccc1n2-c1ccc2c3cc4c(cc3n(-c3ccccc3)c2c1)sc1ccccc14. The molecule has 4 heteroatoms. The van der Waals surface area contributed by atoms with E-state index in [2.05, 4.69) is 208 Å². The highest BCUT2D eigenvalue weighted by molar-refractivity contribution is 7.25. The fourth-order valence-corrected chi connectivity index (χ4v) is 11.1. The Labute approximate surface area is 337 Å². The van der Waals surface area contributed by atoms with Gasteiger partial charge in [-0.1, -0.05) is 115 Å². The zero-order chi connectivity index (χ0) is 37.9. The van der Waals surface area contributed by atoms with Crippen molar-refractivity contribution in [2.24, 2.45) is 0 Å². The minimum atomic E-state index is 0.277. The molecule has 272 valence electrons. The van der Waals surface area contributed by atoms with Crippen molar-refractivity contribution in [3.63, 3.8) is 0 Å². The number of thiophene rings is 1. The quantitative estimate of drug-likeness (QED) is 0.170. The summed E-state index contributed by atoms with van der Waals surface area (Å²) in [4.78, 5) is 0. The Bertz CT molecular complexity index is 3770. The maximum absolute atomic E-state index is 2.51. The van der Waals surface area contributed by atoms with Gasteiger partial charge in [0.25, 0.3) is 0 Å². The molecule has 12 aromatic rings. The Morgan fingerprint density at radius 2 is 0.983 bits per heavy atom. The van der Waals surface area contributed by atoms with Gasteiger partial charge < -0.3 is 13.7 Å². The molecule has 3 nitrogen and oxygen atoms in total. The van der Waals surface area contributed by atoms with E-state index in [0.29, 0.717) is 0 Å². The minimum Gasteiger partial charge on any atom is -0.310 e. The van der Waals surface area contributed by atoms with E-state index in [1.807, 2.05) is 11.3 Å². The van der Waals surface area contributed by atoms with Gasteiger partial charge in [-0.25, -0.2) is 0 Å². The molecule has 0 bridgehead atoms. The monoisotopic (exact) mass is 757 g/mol. The fourth-order valence-electron chi connectivity index (χ4n) is 9.97. The van der Waals surface area contributed by atoms with E-state index in [0.717, 1.165) is 12.1 Å². The third kappa shape index (κ3) is 4.55. The van der Waals surface area contributed by atoms with Crippen molar-refractivity contribution in [2.45, 2.75) is 12.3 Å². The molecule has 4 heterocycles. The predicted octanol–water partition coefficient (Wildman–Crippen LogP) is 12.9. The summed E-state index contributed by atoms with van der Waals surface area (Å²) in [5.74, 6) is 0.277. The zero-order valence-corrected chi connectivity index (χ0v) is 32.3. The molecule has 1 unspecified atom stereocenters. The number of hydrogen-bond donors (Lipinski definition) is 0. The number of para-hydroxylation sites is 4. The van der Waals surface area contributed by atoms with Crippen LogP contribution in [0.1, 0.15) is 17.9 Å². The summed E-state index contributed by atoms with van der Waals surface area (Å²) in [7, 11) is 0. The van der Waals surface area contributed by atoms with Gasteiger partial charge in [0.05, 0.1) is 27.6 Å². The maximum Gasteiger partial charge on any atom is 0.0561 e. The summed E-state index contributed by atoms with van der Waals surface area (Å²) in [6, 6.07) is 67.2. The molecule has 0 N–H and O–H groups in total. The van der Waals surface area contributed by atoms with E-state index >= 15 is 0 Å². The third-order valence-electron chi connectivity index (χ3n) is 12.5. The molecule has 1 aliphatic carbocycles. The van der Waals surface area contributed by atoms with E-state index in [4.69, 9.17) is 0 Å². The van der Waals surface area contributed by atoms with E-state index < -0.39 is 0 Å². The van der Waals surface area contributed by atoms with Crippen molar-refractivity contribution in [3.8, 4) is 17.1 Å². The number of benzene rings is 8. The molecular weight excluding hydrogens is 723 g/mol. The Kier molecular flexibility index (Phi) is 6.72. The summed E-state index contributed by atoms with van der Waals surface area (Å²) >= 11 is 1.88. The van der Waals surface area contributed by atoms with Crippen molar-refractivity contribution < 1.29 is 0 Å². The summed E-state index contributed by atoms with van der Waals surface area (Å²) in [6.07, 6.45) is 5.92. The van der Waals surface area contributed by atoms with Gasteiger partial charge in [0.2, 0.25) is 0 Å². The Hall–Kier alpha value is -7.14. The normalized spacial score (nSPS) is 14.2. The lowest BCUT2D eigenvalue weighted by Gasteiger charge is -2.15. The van der Waals surface area contributed by atoms with Crippen LogP contribution in [-0.4, -0.2) is 13.7 Å². The molecule has 4 aromatic heterocycles. The molecule has 13 rings (SSSR count). The summed E-state index contributed by atoms with van der Waals surface area (Å²) in [6.45, 7) is 0. The first-order chi connectivity index (χ1) is 28.8. The molecule has 0 saturated heterocycles. The lowest BCUT2D eigenvalue weighted by atomic mass is 9.90. The molecule has 1 atom stereocenters. The van der Waals surface area contributed by atoms with Crippen LogP contribution >= 0.6 is 11.3 Å². The lowest BCUT2D eigenvalue weighted by molar-refractivity contribution is 0.909. The number of nitrogens with zero attached hydrogens (tertiary/aromatic N) is 3. The molecule has 8 aromatic carbocycles. The highest BCUT2D eigenvalue weighted by Crippen LogP contribution is 2.42. The molecule has 1 aliphatic rings. The van der Waals surface area contributed by atoms with Crippen molar-refractivity contribution in [3.05, 3.63) is 198 Å². The standard InChI is InChI=1S/C54H35N3S/c1-3-13-36(14-4-1)55-47-20-10-7-17-39(47)43-29-34(23-27-49(43)55)35-24-28-50-44(30-35)40-18-8-11-21-48(40)57(50)38-25-26-41-45-32-46-42-19-9-12-22-53(42)58-54(46)33-52(45)56(51(41)31-38)37-15-5-2-6-16-37/h1-22,24-34H,23H2. The molecule has 0 spiro atoms. The average Bonchev–Trinajstić information content (AvgIpc) is 4.01. The number of aromatic nitrogens is 3. The van der Waals surface area contributed by atoms with E-state index in [1.54, 1.807) is 0 Å². The first kappa shape index (κ1) is 32.0. The van der Waals surface area contributed by atoms with Gasteiger partial charge in [0, 0.05) is 80.7 Å². The van der Waals surface area contributed by atoms with Gasteiger partial charge in [-0.3, -0.25) is 0 Å².